The number of rotatable bonds is 4. The summed E-state index contributed by atoms with van der Waals surface area (Å²) >= 11 is 0. The van der Waals surface area contributed by atoms with Gasteiger partial charge in [0.1, 0.15) is 17.3 Å². The van der Waals surface area contributed by atoms with E-state index in [4.69, 9.17) is 15.2 Å². The molecule has 0 bridgehead atoms. The van der Waals surface area contributed by atoms with Gasteiger partial charge in [-0.1, -0.05) is 0 Å². The van der Waals surface area contributed by atoms with Gasteiger partial charge in [-0.3, -0.25) is 0 Å². The van der Waals surface area contributed by atoms with Crippen molar-refractivity contribution in [1.29, 1.82) is 0 Å². The van der Waals surface area contributed by atoms with Crippen LogP contribution in [0, 0.1) is 18.6 Å². The summed E-state index contributed by atoms with van der Waals surface area (Å²) < 4.78 is 44.6. The molecular formula is C24H24F2N6O3. The second-order valence-corrected chi connectivity index (χ2v) is 8.46. The Morgan fingerprint density at radius 2 is 2.06 bits per heavy atom. The molecule has 0 radical (unpaired) electrons. The zero-order valence-corrected chi connectivity index (χ0v) is 19.2. The van der Waals surface area contributed by atoms with Gasteiger partial charge in [-0.25, -0.2) is 23.2 Å². The first-order chi connectivity index (χ1) is 16.8. The molecule has 0 saturated carbocycles. The second-order valence-electron chi connectivity index (χ2n) is 8.46. The average molecular weight is 482 g/mol. The summed E-state index contributed by atoms with van der Waals surface area (Å²) in [6, 6.07) is 6.12. The molecular weight excluding hydrogens is 458 g/mol. The maximum absolute atomic E-state index is 15.4. The first-order valence-electron chi connectivity index (χ1n) is 11.1. The van der Waals surface area contributed by atoms with Crippen LogP contribution < -0.4 is 5.73 Å². The lowest BCUT2D eigenvalue weighted by molar-refractivity contribution is -0.0241. The van der Waals surface area contributed by atoms with Crippen LogP contribution in [0.4, 0.5) is 19.3 Å². The first-order valence-corrected chi connectivity index (χ1v) is 11.1. The van der Waals surface area contributed by atoms with Crippen LogP contribution in [0.5, 0.6) is 0 Å². The fraction of sp³-hybridized carbons (Fsp3) is 0.292. The summed E-state index contributed by atoms with van der Waals surface area (Å²) in [6.07, 6.45) is 4.12. The van der Waals surface area contributed by atoms with Crippen LogP contribution in [0.15, 0.2) is 42.9 Å². The Labute approximate surface area is 199 Å². The minimum absolute atomic E-state index is 0.177. The number of aromatic nitrogens is 4. The Morgan fingerprint density at radius 3 is 2.74 bits per heavy atom. The zero-order valence-electron chi connectivity index (χ0n) is 19.2. The third-order valence-electron chi connectivity index (χ3n) is 6.00. The lowest BCUT2D eigenvalue weighted by Gasteiger charge is -2.32. The largest absolute Gasteiger partial charge is 0.453 e. The quantitative estimate of drug-likeness (QED) is 0.479. The van der Waals surface area contributed by atoms with Gasteiger partial charge in [0.15, 0.2) is 0 Å². The summed E-state index contributed by atoms with van der Waals surface area (Å²) in [5, 5.41) is 4.02. The van der Waals surface area contributed by atoms with E-state index in [9.17, 15) is 4.79 Å². The van der Waals surface area contributed by atoms with Gasteiger partial charge in [-0.05, 0) is 24.6 Å². The topological polar surface area (TPSA) is 99.9 Å². The van der Waals surface area contributed by atoms with Crippen LogP contribution in [-0.4, -0.2) is 63.1 Å². The van der Waals surface area contributed by atoms with E-state index in [1.54, 1.807) is 9.30 Å². The lowest BCUT2D eigenvalue weighted by Crippen LogP contribution is -2.46. The summed E-state index contributed by atoms with van der Waals surface area (Å²) in [5.41, 5.74) is 8.28. The van der Waals surface area contributed by atoms with Crippen molar-refractivity contribution in [3.8, 4) is 16.9 Å². The smallest absolute Gasteiger partial charge is 0.409 e. The van der Waals surface area contributed by atoms with Gasteiger partial charge in [0.05, 0.1) is 67.1 Å². The monoisotopic (exact) mass is 482 g/mol. The molecule has 1 aliphatic rings. The molecule has 1 fully saturated rings. The second kappa shape index (κ2) is 8.99. The number of methoxy groups -OCH3 is 1. The van der Waals surface area contributed by atoms with Gasteiger partial charge < -0.3 is 24.5 Å². The van der Waals surface area contributed by atoms with Crippen LogP contribution >= 0.6 is 0 Å². The number of fused-ring (bicyclic) bond motifs is 1. The van der Waals surface area contributed by atoms with Crippen molar-refractivity contribution in [2.75, 3.05) is 32.5 Å². The Morgan fingerprint density at radius 1 is 1.29 bits per heavy atom. The molecule has 0 aliphatic carbocycles. The Kier molecular flexibility index (Phi) is 5.85. The highest BCUT2D eigenvalue weighted by Gasteiger charge is 2.29. The van der Waals surface area contributed by atoms with Crippen LogP contribution in [0.3, 0.4) is 0 Å². The summed E-state index contributed by atoms with van der Waals surface area (Å²) in [5.74, 6) is -1.56. The molecule has 0 unspecified atom stereocenters. The molecule has 4 aromatic rings. The first kappa shape index (κ1) is 22.8. The number of aryl methyl sites for hydroxylation is 1. The molecule has 11 heteroatoms. The third-order valence-corrected chi connectivity index (χ3v) is 6.00. The molecule has 3 aromatic heterocycles. The molecule has 1 amide bonds. The van der Waals surface area contributed by atoms with Gasteiger partial charge in [0.2, 0.25) is 0 Å². The van der Waals surface area contributed by atoms with E-state index in [1.807, 2.05) is 25.3 Å². The maximum atomic E-state index is 15.4. The van der Waals surface area contributed by atoms with E-state index < -0.39 is 23.8 Å². The molecule has 5 rings (SSSR count). The minimum Gasteiger partial charge on any atom is -0.453 e. The number of hydrogen-bond acceptors (Lipinski definition) is 6. The lowest BCUT2D eigenvalue weighted by atomic mass is 10.0. The van der Waals surface area contributed by atoms with Crippen molar-refractivity contribution in [1.82, 2.24) is 24.1 Å². The molecule has 1 aliphatic heterocycles. The highest BCUT2D eigenvalue weighted by atomic mass is 19.1. The van der Waals surface area contributed by atoms with E-state index >= 15 is 8.78 Å². The minimum atomic E-state index is -0.781. The predicted octanol–water partition coefficient (Wildman–Crippen LogP) is 3.37. The molecule has 2 N–H and O–H groups in total. The number of morpholine rings is 1. The standard InChI is InChI=1S/C24H24F2N6O3/c1-14-3-4-31-20(10-17-13-30(5-6-35-17)24(33)34-2)23(29-21(31)7-14)22-18(25)8-16(9-19(22)26)32-12-15(27)11-28-32/h3-4,7-9,11-12,17H,5-6,10,13,27H2,1-2H3/t17-/m0/s1. The van der Waals surface area contributed by atoms with Gasteiger partial charge in [0, 0.05) is 31.3 Å². The number of nitrogens with zero attached hydrogens (tertiary/aromatic N) is 5. The number of halogens is 2. The molecule has 1 atom stereocenters. The number of pyridine rings is 1. The van der Waals surface area contributed by atoms with Crippen LogP contribution in [0.2, 0.25) is 0 Å². The highest BCUT2D eigenvalue weighted by molar-refractivity contribution is 5.70. The van der Waals surface area contributed by atoms with Crippen LogP contribution in [0.1, 0.15) is 11.3 Å². The molecule has 35 heavy (non-hydrogen) atoms. The third kappa shape index (κ3) is 4.30. The molecule has 1 saturated heterocycles. The highest BCUT2D eigenvalue weighted by Crippen LogP contribution is 2.32. The maximum Gasteiger partial charge on any atom is 0.409 e. The van der Waals surface area contributed by atoms with Gasteiger partial charge >= 0.3 is 6.09 Å². The van der Waals surface area contributed by atoms with E-state index in [-0.39, 0.29) is 29.9 Å². The number of ether oxygens (including phenoxy) is 2. The molecule has 9 nitrogen and oxygen atoms in total. The van der Waals surface area contributed by atoms with Crippen molar-refractivity contribution in [2.24, 2.45) is 0 Å². The molecule has 0 spiro atoms. The van der Waals surface area contributed by atoms with Gasteiger partial charge in [-0.15, -0.1) is 0 Å². The fourth-order valence-electron chi connectivity index (χ4n) is 4.34. The number of benzene rings is 1. The van der Waals surface area contributed by atoms with E-state index in [0.29, 0.717) is 30.2 Å². The van der Waals surface area contributed by atoms with Crippen LogP contribution in [0.25, 0.3) is 22.6 Å². The number of nitrogen functional groups attached to an aromatic ring is 1. The molecule has 182 valence electrons. The summed E-state index contributed by atoms with van der Waals surface area (Å²) in [7, 11) is 1.32. The number of hydrogen-bond donors (Lipinski definition) is 1. The molecule has 1 aromatic carbocycles. The number of carbonyl (C=O) groups is 1. The molecule has 4 heterocycles. The predicted molar refractivity (Wildman–Crippen MR) is 124 cm³/mol. The number of imidazole rings is 1. The van der Waals surface area contributed by atoms with E-state index in [0.717, 1.165) is 5.56 Å². The van der Waals surface area contributed by atoms with Crippen molar-refractivity contribution >= 4 is 17.4 Å². The number of amides is 1. The summed E-state index contributed by atoms with van der Waals surface area (Å²) in [6.45, 7) is 2.94. The van der Waals surface area contributed by atoms with Crippen LogP contribution in [-0.2, 0) is 15.9 Å². The van der Waals surface area contributed by atoms with Crippen molar-refractivity contribution in [2.45, 2.75) is 19.4 Å². The zero-order chi connectivity index (χ0) is 24.7. The number of nitrogens with two attached hydrogens (primary N) is 1. The van der Waals surface area contributed by atoms with Gasteiger partial charge in [-0.2, -0.15) is 5.10 Å². The number of carbonyl (C=O) groups excluding carboxylic acids is 1. The Bertz CT molecular complexity index is 1390. The van der Waals surface area contributed by atoms with Crippen molar-refractivity contribution < 1.29 is 23.0 Å². The van der Waals surface area contributed by atoms with Crippen molar-refractivity contribution in [3.05, 3.63) is 65.7 Å². The Balaban J connectivity index is 1.58. The number of anilines is 1. The van der Waals surface area contributed by atoms with E-state index in [2.05, 4.69) is 10.1 Å². The van der Waals surface area contributed by atoms with Crippen molar-refractivity contribution in [3.63, 3.8) is 0 Å². The summed E-state index contributed by atoms with van der Waals surface area (Å²) in [4.78, 5) is 18.1. The Hall–Kier alpha value is -3.99. The average Bonchev–Trinajstić information content (AvgIpc) is 3.41. The van der Waals surface area contributed by atoms with E-state index in [1.165, 1.54) is 36.3 Å². The van der Waals surface area contributed by atoms with Gasteiger partial charge in [0.25, 0.3) is 0 Å². The normalized spacial score (nSPS) is 16.1. The fourth-order valence-corrected chi connectivity index (χ4v) is 4.34. The SMILES string of the molecule is COC(=O)N1CCO[C@@H](Cc2c(-c3c(F)cc(-n4cc(N)cn4)cc3F)nc3cc(C)ccn23)C1.